The van der Waals surface area contributed by atoms with Crippen molar-refractivity contribution in [1.29, 1.82) is 0 Å². The first-order valence-corrected chi connectivity index (χ1v) is 11.1. The molecular formula is C24H18Si. The Bertz CT molecular complexity index is 1030. The van der Waals surface area contributed by atoms with Gasteiger partial charge in [-0.2, -0.15) is 0 Å². The average Bonchev–Trinajstić information content (AvgIpc) is 3.16. The Balaban J connectivity index is 1.81. The van der Waals surface area contributed by atoms with Crippen molar-refractivity contribution in [1.82, 2.24) is 0 Å². The Kier molecular flexibility index (Phi) is 2.57. The predicted molar refractivity (Wildman–Crippen MR) is 108 cm³/mol. The van der Waals surface area contributed by atoms with Crippen LogP contribution >= 0.6 is 0 Å². The Morgan fingerprint density at radius 3 is 1.84 bits per heavy atom. The molecule has 0 fully saturated rings. The van der Waals surface area contributed by atoms with Gasteiger partial charge in [0.1, 0.15) is 0 Å². The maximum atomic E-state index is 2.50. The van der Waals surface area contributed by atoms with Crippen molar-refractivity contribution in [3.8, 4) is 11.1 Å². The van der Waals surface area contributed by atoms with Crippen LogP contribution in [0.3, 0.4) is 0 Å². The van der Waals surface area contributed by atoms with Crippen molar-refractivity contribution in [2.24, 2.45) is 0 Å². The standard InChI is InChI=1S/C24H18Si/c1-5-13-21-17(9-1)18-10-2-6-14-22(18)25(21)23-15-7-3-11-19(23)20-12-4-8-16-24(20)25/h1-17,21H. The van der Waals surface area contributed by atoms with Gasteiger partial charge in [-0.05, 0) is 37.8 Å². The van der Waals surface area contributed by atoms with E-state index in [1.165, 1.54) is 11.1 Å². The van der Waals surface area contributed by atoms with Crippen LogP contribution in [0.5, 0.6) is 0 Å². The molecule has 1 aliphatic carbocycles. The highest BCUT2D eigenvalue weighted by molar-refractivity contribution is 7.16. The van der Waals surface area contributed by atoms with Crippen LogP contribution in [0.2, 0.25) is 5.54 Å². The number of fused-ring (bicyclic) bond motifs is 10. The lowest BCUT2D eigenvalue weighted by Gasteiger charge is -2.33. The predicted octanol–water partition coefficient (Wildman–Crippen LogP) is 3.73. The molecule has 25 heavy (non-hydrogen) atoms. The zero-order valence-electron chi connectivity index (χ0n) is 13.9. The van der Waals surface area contributed by atoms with Crippen LogP contribution in [-0.4, -0.2) is 8.07 Å². The summed E-state index contributed by atoms with van der Waals surface area (Å²) in [6, 6.07) is 27.6. The fraction of sp³-hybridized carbons (Fsp3) is 0.0833. The van der Waals surface area contributed by atoms with E-state index < -0.39 is 8.07 Å². The molecule has 1 heteroatoms. The largest absolute Gasteiger partial charge is 0.157 e. The molecule has 0 aromatic heterocycles. The molecule has 0 saturated carbocycles. The number of allylic oxidation sites excluding steroid dienone is 4. The minimum Gasteiger partial charge on any atom is -0.0822 e. The van der Waals surface area contributed by atoms with E-state index in [4.69, 9.17) is 0 Å². The maximum absolute atomic E-state index is 2.50. The third kappa shape index (κ3) is 1.49. The molecule has 0 bridgehead atoms. The highest BCUT2D eigenvalue weighted by atomic mass is 28.3. The van der Waals surface area contributed by atoms with E-state index in [0.717, 1.165) is 0 Å². The molecule has 118 valence electrons. The topological polar surface area (TPSA) is 0 Å². The van der Waals surface area contributed by atoms with Crippen LogP contribution in [-0.2, 0) is 0 Å². The van der Waals surface area contributed by atoms with E-state index in [1.807, 2.05) is 0 Å². The number of hydrogen-bond acceptors (Lipinski definition) is 0. The molecule has 0 nitrogen and oxygen atoms in total. The lowest BCUT2D eigenvalue weighted by atomic mass is 9.93. The lowest BCUT2D eigenvalue weighted by Crippen LogP contribution is -2.65. The normalized spacial score (nSPS) is 23.2. The molecule has 0 N–H and O–H groups in total. The molecule has 2 aliphatic heterocycles. The molecule has 3 aromatic carbocycles. The molecule has 2 heterocycles. The van der Waals surface area contributed by atoms with Gasteiger partial charge >= 0.3 is 0 Å². The average molecular weight is 334 g/mol. The van der Waals surface area contributed by atoms with Crippen molar-refractivity contribution in [2.45, 2.75) is 11.5 Å². The van der Waals surface area contributed by atoms with Gasteiger partial charge in [-0.15, -0.1) is 0 Å². The Labute approximate surface area is 149 Å². The monoisotopic (exact) mass is 334 g/mol. The van der Waals surface area contributed by atoms with Crippen LogP contribution in [0.15, 0.2) is 97.1 Å². The second-order valence-corrected chi connectivity index (χ2v) is 11.2. The second-order valence-electron chi connectivity index (χ2n) is 7.31. The molecule has 2 unspecified atom stereocenters. The smallest absolute Gasteiger partial charge is 0.0822 e. The summed E-state index contributed by atoms with van der Waals surface area (Å²) in [5, 5.41) is 4.84. The molecule has 3 aliphatic rings. The first kappa shape index (κ1) is 13.6. The molecular weight excluding hydrogens is 316 g/mol. The third-order valence-corrected chi connectivity index (χ3v) is 11.8. The van der Waals surface area contributed by atoms with Gasteiger partial charge in [0.15, 0.2) is 8.07 Å². The highest BCUT2D eigenvalue weighted by Gasteiger charge is 2.58. The van der Waals surface area contributed by atoms with Crippen molar-refractivity contribution in [3.05, 3.63) is 103 Å². The summed E-state index contributed by atoms with van der Waals surface area (Å²) in [4.78, 5) is 0. The molecule has 0 radical (unpaired) electrons. The number of rotatable bonds is 0. The quantitative estimate of drug-likeness (QED) is 0.550. The number of hydrogen-bond donors (Lipinski definition) is 0. The van der Waals surface area contributed by atoms with Crippen LogP contribution in [0.25, 0.3) is 11.1 Å². The summed E-state index contributed by atoms with van der Waals surface area (Å²) in [5.74, 6) is 0.520. The van der Waals surface area contributed by atoms with Crippen LogP contribution in [0.1, 0.15) is 11.5 Å². The molecule has 0 amide bonds. The summed E-state index contributed by atoms with van der Waals surface area (Å²) >= 11 is 0. The summed E-state index contributed by atoms with van der Waals surface area (Å²) in [7, 11) is -2.03. The fourth-order valence-electron chi connectivity index (χ4n) is 5.56. The fourth-order valence-corrected chi connectivity index (χ4v) is 11.8. The summed E-state index contributed by atoms with van der Waals surface area (Å²) < 4.78 is 0. The van der Waals surface area contributed by atoms with Gasteiger partial charge in [0.25, 0.3) is 0 Å². The van der Waals surface area contributed by atoms with E-state index in [9.17, 15) is 0 Å². The SMILES string of the molecule is C1=CC2c3ccccc3[Si]3(c4ccccc4-c4ccccc43)C2C=C1. The summed E-state index contributed by atoms with van der Waals surface area (Å²) in [6.45, 7) is 0. The van der Waals surface area contributed by atoms with Gasteiger partial charge in [0.05, 0.1) is 0 Å². The van der Waals surface area contributed by atoms with Crippen LogP contribution in [0, 0.1) is 0 Å². The zero-order chi connectivity index (χ0) is 16.4. The minimum absolute atomic E-state index is 0.520. The van der Waals surface area contributed by atoms with Crippen molar-refractivity contribution in [3.63, 3.8) is 0 Å². The van der Waals surface area contributed by atoms with Gasteiger partial charge in [-0.25, -0.2) is 0 Å². The Hall–Kier alpha value is -2.64. The van der Waals surface area contributed by atoms with Crippen LogP contribution in [0.4, 0.5) is 0 Å². The third-order valence-electron chi connectivity index (χ3n) is 6.37. The van der Waals surface area contributed by atoms with E-state index in [2.05, 4.69) is 97.1 Å². The summed E-state index contributed by atoms with van der Waals surface area (Å²) in [5.41, 5.74) is 5.05. The Morgan fingerprint density at radius 1 is 0.560 bits per heavy atom. The van der Waals surface area contributed by atoms with Gasteiger partial charge in [0.2, 0.25) is 0 Å². The number of benzene rings is 3. The lowest BCUT2D eigenvalue weighted by molar-refractivity contribution is 0.863. The van der Waals surface area contributed by atoms with E-state index in [-0.39, 0.29) is 0 Å². The second kappa shape index (κ2) is 4.71. The van der Waals surface area contributed by atoms with Gasteiger partial charge < -0.3 is 0 Å². The van der Waals surface area contributed by atoms with Gasteiger partial charge in [0, 0.05) is 5.92 Å². The molecule has 1 spiro atoms. The van der Waals surface area contributed by atoms with Crippen molar-refractivity contribution < 1.29 is 0 Å². The summed E-state index contributed by atoms with van der Waals surface area (Å²) in [6.07, 6.45) is 9.42. The van der Waals surface area contributed by atoms with Crippen LogP contribution < -0.4 is 15.6 Å². The first-order chi connectivity index (χ1) is 12.4. The Morgan fingerprint density at radius 2 is 1.12 bits per heavy atom. The maximum Gasteiger partial charge on any atom is 0.157 e. The zero-order valence-corrected chi connectivity index (χ0v) is 14.9. The highest BCUT2D eigenvalue weighted by Crippen LogP contribution is 2.49. The molecule has 2 atom stereocenters. The van der Waals surface area contributed by atoms with Gasteiger partial charge in [-0.1, -0.05) is 97.1 Å². The molecule has 6 rings (SSSR count). The first-order valence-electron chi connectivity index (χ1n) is 9.06. The molecule has 3 aromatic rings. The van der Waals surface area contributed by atoms with Crippen molar-refractivity contribution in [2.75, 3.05) is 0 Å². The van der Waals surface area contributed by atoms with E-state index in [0.29, 0.717) is 11.5 Å². The molecule has 0 saturated heterocycles. The van der Waals surface area contributed by atoms with E-state index >= 15 is 0 Å². The van der Waals surface area contributed by atoms with Gasteiger partial charge in [-0.3, -0.25) is 0 Å². The van der Waals surface area contributed by atoms with E-state index in [1.54, 1.807) is 21.1 Å². The minimum atomic E-state index is -2.03. The van der Waals surface area contributed by atoms with Crippen molar-refractivity contribution >= 4 is 23.6 Å².